The molecule has 0 saturated carbocycles. The van der Waals surface area contributed by atoms with E-state index in [1.54, 1.807) is 6.92 Å². The van der Waals surface area contributed by atoms with Crippen molar-refractivity contribution in [2.24, 2.45) is 0 Å². The van der Waals surface area contributed by atoms with Gasteiger partial charge >= 0.3 is 0 Å². The highest BCUT2D eigenvalue weighted by Gasteiger charge is 2.17. The molecule has 5 heteroatoms. The Kier molecular flexibility index (Phi) is 3.98. The van der Waals surface area contributed by atoms with Crippen LogP contribution in [-0.4, -0.2) is 4.98 Å². The largest absolute Gasteiger partial charge is 0.265 e. The Morgan fingerprint density at radius 3 is 2.67 bits per heavy atom. The van der Waals surface area contributed by atoms with Crippen LogP contribution >= 0.6 is 11.6 Å². The van der Waals surface area contributed by atoms with Crippen LogP contribution in [0.2, 0.25) is 0 Å². The molecule has 0 aromatic carbocycles. The van der Waals surface area contributed by atoms with Crippen molar-refractivity contribution in [1.82, 2.24) is 4.98 Å². The fourth-order valence-electron chi connectivity index (χ4n) is 1.37. The molecule has 80 valence electrons. The van der Waals surface area contributed by atoms with Crippen molar-refractivity contribution in [3.8, 4) is 6.07 Å². The summed E-state index contributed by atoms with van der Waals surface area (Å²) >= 11 is 5.66. The van der Waals surface area contributed by atoms with Gasteiger partial charge in [-0.25, -0.2) is 8.78 Å². The summed E-state index contributed by atoms with van der Waals surface area (Å²) in [5.74, 6) is 0.0937. The molecule has 15 heavy (non-hydrogen) atoms. The monoisotopic (exact) mass is 230 g/mol. The summed E-state index contributed by atoms with van der Waals surface area (Å²) in [6.45, 7) is 1.69. The van der Waals surface area contributed by atoms with Crippen LogP contribution in [0.4, 0.5) is 8.78 Å². The molecule has 0 amide bonds. The Morgan fingerprint density at radius 2 is 2.20 bits per heavy atom. The fourth-order valence-corrected chi connectivity index (χ4v) is 1.72. The van der Waals surface area contributed by atoms with Crippen LogP contribution in [0.3, 0.4) is 0 Å². The van der Waals surface area contributed by atoms with Gasteiger partial charge in [-0.3, -0.25) is 4.98 Å². The van der Waals surface area contributed by atoms with E-state index >= 15 is 0 Å². The highest BCUT2D eigenvalue weighted by Crippen LogP contribution is 2.27. The predicted octanol–water partition coefficient (Wildman–Crippen LogP) is 3.13. The zero-order valence-corrected chi connectivity index (χ0v) is 8.85. The second kappa shape index (κ2) is 5.04. The van der Waals surface area contributed by atoms with Crippen LogP contribution < -0.4 is 0 Å². The number of aromatic nitrogens is 1. The van der Waals surface area contributed by atoms with Crippen molar-refractivity contribution in [2.45, 2.75) is 25.7 Å². The third-order valence-corrected chi connectivity index (χ3v) is 2.44. The summed E-state index contributed by atoms with van der Waals surface area (Å²) < 4.78 is 25.2. The van der Waals surface area contributed by atoms with E-state index in [4.69, 9.17) is 16.9 Å². The van der Waals surface area contributed by atoms with Gasteiger partial charge in [0, 0.05) is 23.3 Å². The topological polar surface area (TPSA) is 36.7 Å². The third kappa shape index (κ3) is 2.42. The fraction of sp³-hybridized carbons (Fsp3) is 0.400. The van der Waals surface area contributed by atoms with E-state index in [2.05, 4.69) is 4.98 Å². The molecule has 0 aliphatic carbocycles. The average molecular weight is 231 g/mol. The Morgan fingerprint density at radius 1 is 1.53 bits per heavy atom. The lowest BCUT2D eigenvalue weighted by atomic mass is 10.0. The Bertz CT molecular complexity index is 399. The van der Waals surface area contributed by atoms with E-state index < -0.39 is 6.43 Å². The van der Waals surface area contributed by atoms with E-state index in [1.807, 2.05) is 6.07 Å². The molecule has 0 unspecified atom stereocenters. The second-order valence-electron chi connectivity index (χ2n) is 3.03. The first-order chi connectivity index (χ1) is 7.11. The van der Waals surface area contributed by atoms with Gasteiger partial charge in [0.1, 0.15) is 0 Å². The maximum atomic E-state index is 12.6. The van der Waals surface area contributed by atoms with E-state index in [0.717, 1.165) is 6.20 Å². The minimum atomic E-state index is -2.62. The van der Waals surface area contributed by atoms with Gasteiger partial charge in [0.05, 0.1) is 12.5 Å². The van der Waals surface area contributed by atoms with Crippen LogP contribution in [0.15, 0.2) is 6.20 Å². The Labute approximate surface area is 91.5 Å². The molecule has 0 saturated heterocycles. The summed E-state index contributed by atoms with van der Waals surface area (Å²) in [4.78, 5) is 3.84. The summed E-state index contributed by atoms with van der Waals surface area (Å²) in [6.07, 6.45) is -1.57. The molecule has 0 aliphatic rings. The molecule has 0 atom stereocenters. The Hall–Kier alpha value is -1.21. The van der Waals surface area contributed by atoms with Crippen LogP contribution in [0, 0.1) is 18.3 Å². The SMILES string of the molecule is Cc1ncc(C(F)F)c(CC#N)c1CCl. The summed E-state index contributed by atoms with van der Waals surface area (Å²) in [7, 11) is 0. The van der Waals surface area contributed by atoms with E-state index in [0.29, 0.717) is 16.8 Å². The lowest BCUT2D eigenvalue weighted by Crippen LogP contribution is -2.03. The number of aryl methyl sites for hydroxylation is 1. The van der Waals surface area contributed by atoms with Crippen LogP contribution in [-0.2, 0) is 12.3 Å². The molecule has 1 heterocycles. The predicted molar refractivity (Wildman–Crippen MR) is 52.8 cm³/mol. The van der Waals surface area contributed by atoms with Crippen molar-refractivity contribution >= 4 is 11.6 Å². The zero-order valence-electron chi connectivity index (χ0n) is 8.10. The van der Waals surface area contributed by atoms with Crippen LogP contribution in [0.5, 0.6) is 0 Å². The van der Waals surface area contributed by atoms with Gasteiger partial charge in [0.2, 0.25) is 0 Å². The standard InChI is InChI=1S/C10H9ClF2N2/c1-6-8(4-11)7(2-3-14)9(5-15-6)10(12)13/h5,10H,2,4H2,1H3. The molecular formula is C10H9ClF2N2. The van der Waals surface area contributed by atoms with Gasteiger partial charge in [-0.1, -0.05) is 0 Å². The highest BCUT2D eigenvalue weighted by atomic mass is 35.5. The van der Waals surface area contributed by atoms with Crippen molar-refractivity contribution in [2.75, 3.05) is 0 Å². The molecule has 0 radical (unpaired) electrons. The van der Waals surface area contributed by atoms with Crippen molar-refractivity contribution < 1.29 is 8.78 Å². The van der Waals surface area contributed by atoms with E-state index in [1.165, 1.54) is 0 Å². The quantitative estimate of drug-likeness (QED) is 0.748. The van der Waals surface area contributed by atoms with Gasteiger partial charge in [-0.2, -0.15) is 5.26 Å². The number of pyridine rings is 1. The van der Waals surface area contributed by atoms with Gasteiger partial charge < -0.3 is 0 Å². The number of rotatable bonds is 3. The van der Waals surface area contributed by atoms with Crippen LogP contribution in [0.1, 0.15) is 28.8 Å². The van der Waals surface area contributed by atoms with Crippen molar-refractivity contribution in [3.05, 3.63) is 28.6 Å². The summed E-state index contributed by atoms with van der Waals surface area (Å²) in [5, 5.41) is 8.58. The smallest absolute Gasteiger partial charge is 0.261 e. The van der Waals surface area contributed by atoms with Crippen molar-refractivity contribution in [3.63, 3.8) is 0 Å². The second-order valence-corrected chi connectivity index (χ2v) is 3.29. The molecule has 0 spiro atoms. The first-order valence-electron chi connectivity index (χ1n) is 4.30. The Balaban J connectivity index is 3.36. The summed E-state index contributed by atoms with van der Waals surface area (Å²) in [6, 6.07) is 1.86. The third-order valence-electron chi connectivity index (χ3n) is 2.17. The number of alkyl halides is 3. The number of halogens is 3. The number of nitrogens with zero attached hydrogens (tertiary/aromatic N) is 2. The lowest BCUT2D eigenvalue weighted by Gasteiger charge is -2.11. The van der Waals surface area contributed by atoms with E-state index in [-0.39, 0.29) is 17.9 Å². The molecule has 1 aromatic rings. The van der Waals surface area contributed by atoms with Gasteiger partial charge in [0.25, 0.3) is 6.43 Å². The molecule has 1 aromatic heterocycles. The number of hydrogen-bond acceptors (Lipinski definition) is 2. The molecule has 0 N–H and O–H groups in total. The zero-order chi connectivity index (χ0) is 11.4. The highest BCUT2D eigenvalue weighted by molar-refractivity contribution is 6.17. The average Bonchev–Trinajstić information content (AvgIpc) is 2.18. The van der Waals surface area contributed by atoms with Crippen molar-refractivity contribution in [1.29, 1.82) is 5.26 Å². The first kappa shape index (κ1) is 11.9. The summed E-state index contributed by atoms with van der Waals surface area (Å²) in [5.41, 5.74) is 1.25. The maximum Gasteiger partial charge on any atom is 0.265 e. The molecule has 1 rings (SSSR count). The number of nitriles is 1. The van der Waals surface area contributed by atoms with Gasteiger partial charge in [-0.15, -0.1) is 11.6 Å². The minimum absolute atomic E-state index is 0.0644. The molecule has 0 aliphatic heterocycles. The molecular weight excluding hydrogens is 222 g/mol. The molecule has 2 nitrogen and oxygen atoms in total. The van der Waals surface area contributed by atoms with Crippen LogP contribution in [0.25, 0.3) is 0 Å². The normalized spacial score (nSPS) is 10.4. The molecule has 0 bridgehead atoms. The minimum Gasteiger partial charge on any atom is -0.261 e. The van der Waals surface area contributed by atoms with Gasteiger partial charge in [-0.05, 0) is 18.1 Å². The molecule has 0 fully saturated rings. The number of hydrogen-bond donors (Lipinski definition) is 0. The maximum absolute atomic E-state index is 12.6. The van der Waals surface area contributed by atoms with Gasteiger partial charge in [0.15, 0.2) is 0 Å². The lowest BCUT2D eigenvalue weighted by molar-refractivity contribution is 0.150. The van der Waals surface area contributed by atoms with E-state index in [9.17, 15) is 8.78 Å². The first-order valence-corrected chi connectivity index (χ1v) is 4.83.